The Bertz CT molecular complexity index is 1270. The van der Waals surface area contributed by atoms with Gasteiger partial charge in [-0.2, -0.15) is 9.78 Å². The molecule has 2 aromatic carbocycles. The van der Waals surface area contributed by atoms with Gasteiger partial charge in [-0.25, -0.2) is 0 Å². The molecule has 1 N–H and O–H groups in total. The van der Waals surface area contributed by atoms with Crippen LogP contribution in [0.3, 0.4) is 0 Å². The summed E-state index contributed by atoms with van der Waals surface area (Å²) in [5.41, 5.74) is 5.86. The molecule has 4 heterocycles. The molecule has 2 aliphatic rings. The highest BCUT2D eigenvalue weighted by molar-refractivity contribution is 8.00. The van der Waals surface area contributed by atoms with Crippen LogP contribution in [0.2, 0.25) is 0 Å². The molecule has 0 amide bonds. The molecule has 6 rings (SSSR count). The first kappa shape index (κ1) is 18.8. The summed E-state index contributed by atoms with van der Waals surface area (Å²) < 4.78 is 7.79. The first-order valence-corrected chi connectivity index (χ1v) is 11.7. The molecule has 4 aromatic rings. The number of aryl methyl sites for hydroxylation is 1. The van der Waals surface area contributed by atoms with Crippen molar-refractivity contribution >= 4 is 28.4 Å². The number of fused-ring (bicyclic) bond motifs is 2. The second kappa shape index (κ2) is 7.66. The van der Waals surface area contributed by atoms with E-state index in [9.17, 15) is 0 Å². The molecule has 156 valence electrons. The zero-order valence-electron chi connectivity index (χ0n) is 17.3. The van der Waals surface area contributed by atoms with Gasteiger partial charge in [0.05, 0.1) is 11.0 Å². The molecule has 0 spiro atoms. The van der Waals surface area contributed by atoms with Gasteiger partial charge in [0.1, 0.15) is 6.10 Å². The summed E-state index contributed by atoms with van der Waals surface area (Å²) in [6, 6.07) is 17.0. The number of benzene rings is 2. The number of rotatable bonds is 4. The number of aromatic amines is 1. The van der Waals surface area contributed by atoms with Crippen LogP contribution in [-0.4, -0.2) is 32.2 Å². The van der Waals surface area contributed by atoms with Gasteiger partial charge in [0.15, 0.2) is 5.82 Å². The third kappa shape index (κ3) is 3.11. The summed E-state index contributed by atoms with van der Waals surface area (Å²) in [7, 11) is 0. The second-order valence-electron chi connectivity index (χ2n) is 7.94. The van der Waals surface area contributed by atoms with Crippen LogP contribution in [0.5, 0.6) is 0 Å². The Balaban J connectivity index is 1.54. The van der Waals surface area contributed by atoms with E-state index in [0.29, 0.717) is 0 Å². The Kier molecular flexibility index (Phi) is 4.65. The maximum Gasteiger partial charge on any atom is 0.213 e. The smallest absolute Gasteiger partial charge is 0.213 e. The van der Waals surface area contributed by atoms with E-state index in [4.69, 9.17) is 9.84 Å². The quantitative estimate of drug-likeness (QED) is 0.480. The van der Waals surface area contributed by atoms with Crippen molar-refractivity contribution in [2.24, 2.45) is 5.10 Å². The summed E-state index contributed by atoms with van der Waals surface area (Å²) >= 11 is 1.70. The lowest BCUT2D eigenvalue weighted by molar-refractivity contribution is 0.102. The van der Waals surface area contributed by atoms with E-state index < -0.39 is 0 Å². The van der Waals surface area contributed by atoms with Crippen LogP contribution in [0.25, 0.3) is 10.9 Å². The zero-order chi connectivity index (χ0) is 20.8. The maximum absolute atomic E-state index is 5.89. The predicted octanol–water partition coefficient (Wildman–Crippen LogP) is 5.27. The highest BCUT2D eigenvalue weighted by Crippen LogP contribution is 2.43. The van der Waals surface area contributed by atoms with Crippen LogP contribution in [0.1, 0.15) is 53.6 Å². The number of ether oxygens (including phenoxy) is 1. The Morgan fingerprint density at radius 1 is 1.13 bits per heavy atom. The topological polar surface area (TPSA) is 68.1 Å². The van der Waals surface area contributed by atoms with Gasteiger partial charge in [-0.05, 0) is 30.4 Å². The number of hydrogen-bond acceptors (Lipinski definition) is 5. The SMILES string of the molecule is CCc1cccc2c(C3=Nn4c(nnc4[C@@H]4CCCO4)S[C@@H]3c3ccccc3)c[nH]c12. The minimum atomic E-state index is -0.0326. The van der Waals surface area contributed by atoms with Gasteiger partial charge in [0, 0.05) is 29.3 Å². The van der Waals surface area contributed by atoms with Crippen molar-refractivity contribution < 1.29 is 4.74 Å². The number of aromatic nitrogens is 4. The fourth-order valence-electron chi connectivity index (χ4n) is 4.52. The van der Waals surface area contributed by atoms with Crippen LogP contribution in [-0.2, 0) is 11.2 Å². The molecule has 7 heteroatoms. The minimum Gasteiger partial charge on any atom is -0.370 e. The van der Waals surface area contributed by atoms with Crippen LogP contribution < -0.4 is 0 Å². The molecule has 0 bridgehead atoms. The van der Waals surface area contributed by atoms with Gasteiger partial charge < -0.3 is 9.72 Å². The summed E-state index contributed by atoms with van der Waals surface area (Å²) in [5, 5.41) is 16.1. The molecule has 2 atom stereocenters. The minimum absolute atomic E-state index is 0.0326. The van der Waals surface area contributed by atoms with Crippen LogP contribution in [0.15, 0.2) is 65.0 Å². The van der Waals surface area contributed by atoms with Gasteiger partial charge >= 0.3 is 0 Å². The number of H-pyrrole nitrogens is 1. The van der Waals surface area contributed by atoms with E-state index in [1.165, 1.54) is 22.0 Å². The van der Waals surface area contributed by atoms with Crippen LogP contribution in [0, 0.1) is 0 Å². The lowest BCUT2D eigenvalue weighted by Crippen LogP contribution is -2.19. The lowest BCUT2D eigenvalue weighted by Gasteiger charge is -2.24. The second-order valence-corrected chi connectivity index (χ2v) is 9.02. The molecule has 0 aliphatic carbocycles. The van der Waals surface area contributed by atoms with Crippen molar-refractivity contribution in [3.05, 3.63) is 77.2 Å². The van der Waals surface area contributed by atoms with Crippen LogP contribution in [0.4, 0.5) is 0 Å². The summed E-state index contributed by atoms with van der Waals surface area (Å²) in [6.45, 7) is 2.96. The van der Waals surface area contributed by atoms with Crippen molar-refractivity contribution in [1.82, 2.24) is 19.9 Å². The van der Waals surface area contributed by atoms with Gasteiger partial charge in [-0.3, -0.25) is 0 Å². The van der Waals surface area contributed by atoms with E-state index in [1.54, 1.807) is 11.8 Å². The number of nitrogens with one attached hydrogen (secondary N) is 1. The molecular weight excluding hydrogens is 406 g/mol. The summed E-state index contributed by atoms with van der Waals surface area (Å²) in [4.78, 5) is 3.51. The van der Waals surface area contributed by atoms with Crippen molar-refractivity contribution in [2.75, 3.05) is 6.61 Å². The maximum atomic E-state index is 5.89. The molecule has 1 fully saturated rings. The van der Waals surface area contributed by atoms with Crippen molar-refractivity contribution in [1.29, 1.82) is 0 Å². The largest absolute Gasteiger partial charge is 0.370 e. The number of nitrogens with zero attached hydrogens (tertiary/aromatic N) is 4. The Morgan fingerprint density at radius 2 is 2.03 bits per heavy atom. The van der Waals surface area contributed by atoms with Gasteiger partial charge in [0.25, 0.3) is 0 Å². The molecule has 0 unspecified atom stereocenters. The highest BCUT2D eigenvalue weighted by Gasteiger charge is 2.34. The third-order valence-electron chi connectivity index (χ3n) is 6.09. The molecule has 2 aliphatic heterocycles. The summed E-state index contributed by atoms with van der Waals surface area (Å²) in [6.07, 6.45) is 5.06. The third-order valence-corrected chi connectivity index (χ3v) is 7.29. The molecule has 31 heavy (non-hydrogen) atoms. The van der Waals surface area contributed by atoms with Crippen molar-refractivity contribution in [3.63, 3.8) is 0 Å². The Labute approximate surface area is 184 Å². The van der Waals surface area contributed by atoms with Crippen molar-refractivity contribution in [2.45, 2.75) is 42.7 Å². The first-order chi connectivity index (χ1) is 15.3. The molecule has 6 nitrogen and oxygen atoms in total. The molecule has 1 saturated heterocycles. The van der Waals surface area contributed by atoms with E-state index in [0.717, 1.165) is 48.1 Å². The average Bonchev–Trinajstić information content (AvgIpc) is 3.57. The monoisotopic (exact) mass is 429 g/mol. The van der Waals surface area contributed by atoms with E-state index in [2.05, 4.69) is 70.8 Å². The van der Waals surface area contributed by atoms with Gasteiger partial charge in [0.2, 0.25) is 5.16 Å². The first-order valence-electron chi connectivity index (χ1n) is 10.8. The fourth-order valence-corrected chi connectivity index (χ4v) is 5.63. The molecule has 2 aromatic heterocycles. The normalized spacial score (nSPS) is 20.7. The number of hydrogen-bond donors (Lipinski definition) is 1. The van der Waals surface area contributed by atoms with E-state index in [1.807, 2.05) is 10.7 Å². The van der Waals surface area contributed by atoms with Gasteiger partial charge in [-0.15, -0.1) is 10.2 Å². The zero-order valence-corrected chi connectivity index (χ0v) is 18.1. The summed E-state index contributed by atoms with van der Waals surface area (Å²) in [5.74, 6) is 0.804. The Morgan fingerprint density at radius 3 is 2.84 bits per heavy atom. The van der Waals surface area contributed by atoms with Crippen molar-refractivity contribution in [3.8, 4) is 0 Å². The van der Waals surface area contributed by atoms with Crippen LogP contribution >= 0.6 is 11.8 Å². The standard InChI is InChI=1S/C24H23N5OS/c1-2-15-10-6-11-17-18(14-25-20(15)17)21-22(16-8-4-3-5-9-16)31-24-27-26-23(29(24)28-21)19-12-7-13-30-19/h3-6,8-11,14,19,22,25H,2,7,12-13H2,1H3/t19-,22+/m0/s1. The fraction of sp³-hybridized carbons (Fsp3) is 0.292. The Hall–Kier alpha value is -2.90. The number of thioether (sulfide) groups is 1. The highest BCUT2D eigenvalue weighted by atomic mass is 32.2. The molecule has 0 saturated carbocycles. The van der Waals surface area contributed by atoms with E-state index >= 15 is 0 Å². The van der Waals surface area contributed by atoms with Gasteiger partial charge in [-0.1, -0.05) is 67.2 Å². The molecular formula is C24H23N5OS. The molecule has 0 radical (unpaired) electrons. The number of para-hydroxylation sites is 1. The predicted molar refractivity (Wildman–Crippen MR) is 123 cm³/mol. The van der Waals surface area contributed by atoms with E-state index in [-0.39, 0.29) is 11.4 Å². The lowest BCUT2D eigenvalue weighted by atomic mass is 9.99. The average molecular weight is 430 g/mol.